The van der Waals surface area contributed by atoms with Gasteiger partial charge in [-0.25, -0.2) is 4.98 Å². The van der Waals surface area contributed by atoms with Gasteiger partial charge in [0.25, 0.3) is 6.01 Å². The third kappa shape index (κ3) is 3.26. The third-order valence-corrected chi connectivity index (χ3v) is 5.47. The molecule has 1 fully saturated rings. The van der Waals surface area contributed by atoms with E-state index >= 15 is 0 Å². The molecule has 1 aliphatic rings. The molecule has 0 aliphatic carbocycles. The van der Waals surface area contributed by atoms with Gasteiger partial charge in [-0.2, -0.15) is 4.98 Å². The maximum absolute atomic E-state index is 5.98. The first-order valence-electron chi connectivity index (χ1n) is 9.79. The number of rotatable bonds is 4. The van der Waals surface area contributed by atoms with Gasteiger partial charge in [0.1, 0.15) is 11.3 Å². The van der Waals surface area contributed by atoms with Gasteiger partial charge in [-0.15, -0.1) is 0 Å². The van der Waals surface area contributed by atoms with E-state index in [9.17, 15) is 0 Å². The predicted molar refractivity (Wildman–Crippen MR) is 109 cm³/mol. The maximum atomic E-state index is 5.98. The molecular formula is C22H23N5O. The highest BCUT2D eigenvalue weighted by molar-refractivity contribution is 5.75. The van der Waals surface area contributed by atoms with Gasteiger partial charge in [-0.05, 0) is 49.6 Å². The summed E-state index contributed by atoms with van der Waals surface area (Å²) in [6.07, 6.45) is 7.87. The van der Waals surface area contributed by atoms with Crippen molar-refractivity contribution >= 4 is 17.1 Å². The fourth-order valence-electron chi connectivity index (χ4n) is 3.97. The summed E-state index contributed by atoms with van der Waals surface area (Å²) >= 11 is 0. The minimum atomic E-state index is 0.446. The number of piperidine rings is 1. The molecule has 0 N–H and O–H groups in total. The summed E-state index contributed by atoms with van der Waals surface area (Å²) in [7, 11) is 0. The highest BCUT2D eigenvalue weighted by Crippen LogP contribution is 2.31. The summed E-state index contributed by atoms with van der Waals surface area (Å²) in [5.41, 5.74) is 4.04. The normalized spacial score (nSPS) is 15.4. The SMILES string of the molecule is Cc1ccc2oc(N3CCC(c4nccn4Cc4ccccn4)CC3)nc2c1. The predicted octanol–water partition coefficient (Wildman–Crippen LogP) is 4.16. The summed E-state index contributed by atoms with van der Waals surface area (Å²) in [5, 5.41) is 0. The zero-order chi connectivity index (χ0) is 18.9. The summed E-state index contributed by atoms with van der Waals surface area (Å²) in [6, 6.07) is 12.9. The largest absolute Gasteiger partial charge is 0.423 e. The van der Waals surface area contributed by atoms with Gasteiger partial charge in [0.2, 0.25) is 0 Å². The fourth-order valence-corrected chi connectivity index (χ4v) is 3.97. The van der Waals surface area contributed by atoms with E-state index in [1.165, 1.54) is 5.56 Å². The van der Waals surface area contributed by atoms with Crippen molar-refractivity contribution in [1.82, 2.24) is 19.5 Å². The Bertz CT molecular complexity index is 1080. The van der Waals surface area contributed by atoms with Gasteiger partial charge in [0.15, 0.2) is 5.58 Å². The van der Waals surface area contributed by atoms with Crippen LogP contribution in [0.3, 0.4) is 0 Å². The number of pyridine rings is 1. The Hall–Kier alpha value is -3.15. The molecule has 0 bridgehead atoms. The van der Waals surface area contributed by atoms with Crippen LogP contribution < -0.4 is 4.90 Å². The van der Waals surface area contributed by atoms with Gasteiger partial charge in [-0.1, -0.05) is 12.1 Å². The van der Waals surface area contributed by atoms with Crippen LogP contribution in [-0.2, 0) is 6.54 Å². The molecule has 0 spiro atoms. The summed E-state index contributed by atoms with van der Waals surface area (Å²) < 4.78 is 8.20. The number of anilines is 1. The Morgan fingerprint density at radius 3 is 2.79 bits per heavy atom. The van der Waals surface area contributed by atoms with Gasteiger partial charge >= 0.3 is 0 Å². The smallest absolute Gasteiger partial charge is 0.298 e. The van der Waals surface area contributed by atoms with Crippen LogP contribution in [0.25, 0.3) is 11.1 Å². The number of aryl methyl sites for hydroxylation is 1. The van der Waals surface area contributed by atoms with Crippen LogP contribution in [0, 0.1) is 6.92 Å². The molecule has 4 aromatic rings. The second-order valence-corrected chi connectivity index (χ2v) is 7.46. The number of nitrogens with zero attached hydrogens (tertiary/aromatic N) is 5. The summed E-state index contributed by atoms with van der Waals surface area (Å²) in [6.45, 7) is 4.69. The molecule has 3 aromatic heterocycles. The summed E-state index contributed by atoms with van der Waals surface area (Å²) in [4.78, 5) is 16.0. The molecule has 0 radical (unpaired) electrons. The Balaban J connectivity index is 1.29. The number of hydrogen-bond donors (Lipinski definition) is 0. The average Bonchev–Trinajstić information content (AvgIpc) is 3.35. The molecule has 1 aliphatic heterocycles. The lowest BCUT2D eigenvalue weighted by atomic mass is 9.96. The average molecular weight is 373 g/mol. The first kappa shape index (κ1) is 17.0. The second-order valence-electron chi connectivity index (χ2n) is 7.46. The molecule has 1 saturated heterocycles. The van der Waals surface area contributed by atoms with Crippen molar-refractivity contribution in [3.63, 3.8) is 0 Å². The van der Waals surface area contributed by atoms with E-state index in [0.717, 1.165) is 61.1 Å². The first-order valence-corrected chi connectivity index (χ1v) is 9.79. The van der Waals surface area contributed by atoms with E-state index in [2.05, 4.69) is 55.7 Å². The Labute approximate surface area is 163 Å². The highest BCUT2D eigenvalue weighted by atomic mass is 16.4. The quantitative estimate of drug-likeness (QED) is 0.538. The van der Waals surface area contributed by atoms with Crippen LogP contribution >= 0.6 is 0 Å². The van der Waals surface area contributed by atoms with Crippen molar-refractivity contribution in [2.24, 2.45) is 0 Å². The minimum Gasteiger partial charge on any atom is -0.423 e. The highest BCUT2D eigenvalue weighted by Gasteiger charge is 2.26. The van der Waals surface area contributed by atoms with Crippen molar-refractivity contribution < 1.29 is 4.42 Å². The monoisotopic (exact) mass is 373 g/mol. The second kappa shape index (κ2) is 7.11. The zero-order valence-corrected chi connectivity index (χ0v) is 16.0. The number of oxazole rings is 1. The lowest BCUT2D eigenvalue weighted by Gasteiger charge is -2.30. The van der Waals surface area contributed by atoms with Crippen LogP contribution in [0.4, 0.5) is 6.01 Å². The topological polar surface area (TPSA) is 60.0 Å². The molecule has 6 nitrogen and oxygen atoms in total. The first-order chi connectivity index (χ1) is 13.8. The van der Waals surface area contributed by atoms with Gasteiger partial charge in [-0.3, -0.25) is 4.98 Å². The van der Waals surface area contributed by atoms with Crippen molar-refractivity contribution in [3.8, 4) is 0 Å². The molecule has 4 heterocycles. The Morgan fingerprint density at radius 2 is 1.96 bits per heavy atom. The number of hydrogen-bond acceptors (Lipinski definition) is 5. The van der Waals surface area contributed by atoms with Gasteiger partial charge in [0.05, 0.1) is 12.2 Å². The zero-order valence-electron chi connectivity index (χ0n) is 16.0. The van der Waals surface area contributed by atoms with Crippen molar-refractivity contribution in [1.29, 1.82) is 0 Å². The molecule has 28 heavy (non-hydrogen) atoms. The molecule has 0 atom stereocenters. The van der Waals surface area contributed by atoms with Crippen LogP contribution in [0.15, 0.2) is 59.4 Å². The summed E-state index contributed by atoms with van der Waals surface area (Å²) in [5.74, 6) is 1.60. The van der Waals surface area contributed by atoms with Crippen LogP contribution in [0.5, 0.6) is 0 Å². The molecule has 1 aromatic carbocycles. The van der Waals surface area contributed by atoms with Crippen LogP contribution in [-0.4, -0.2) is 32.6 Å². The lowest BCUT2D eigenvalue weighted by Crippen LogP contribution is -2.33. The van der Waals surface area contributed by atoms with Crippen LogP contribution in [0.2, 0.25) is 0 Å². The molecule has 142 valence electrons. The number of fused-ring (bicyclic) bond motifs is 1. The fraction of sp³-hybridized carbons (Fsp3) is 0.318. The van der Waals surface area contributed by atoms with Crippen molar-refractivity contribution in [2.45, 2.75) is 32.2 Å². The van der Waals surface area contributed by atoms with E-state index < -0.39 is 0 Å². The van der Waals surface area contributed by atoms with E-state index in [4.69, 9.17) is 4.42 Å². The molecular weight excluding hydrogens is 350 g/mol. The van der Waals surface area contributed by atoms with Gasteiger partial charge in [0, 0.05) is 37.6 Å². The number of benzene rings is 1. The van der Waals surface area contributed by atoms with E-state index in [0.29, 0.717) is 5.92 Å². The Morgan fingerprint density at radius 1 is 1.07 bits per heavy atom. The molecule has 0 unspecified atom stereocenters. The van der Waals surface area contributed by atoms with Crippen molar-refractivity contribution in [3.05, 3.63) is 72.1 Å². The van der Waals surface area contributed by atoms with Crippen LogP contribution in [0.1, 0.15) is 35.8 Å². The van der Waals surface area contributed by atoms with E-state index in [1.807, 2.05) is 30.6 Å². The number of aromatic nitrogens is 4. The molecule has 0 amide bonds. The molecule has 6 heteroatoms. The maximum Gasteiger partial charge on any atom is 0.298 e. The third-order valence-electron chi connectivity index (χ3n) is 5.47. The van der Waals surface area contributed by atoms with Crippen molar-refractivity contribution in [2.75, 3.05) is 18.0 Å². The van der Waals surface area contributed by atoms with Gasteiger partial charge < -0.3 is 13.9 Å². The molecule has 0 saturated carbocycles. The minimum absolute atomic E-state index is 0.446. The van der Waals surface area contributed by atoms with E-state index in [1.54, 1.807) is 0 Å². The van der Waals surface area contributed by atoms with E-state index in [-0.39, 0.29) is 0 Å². The molecule has 5 rings (SSSR count). The standard InChI is InChI=1S/C22H23N5O/c1-16-5-6-20-19(14-16)25-22(28-20)26-11-7-17(8-12-26)21-24-10-13-27(21)15-18-4-2-3-9-23-18/h2-6,9-10,13-14,17H,7-8,11-12,15H2,1H3. The Kier molecular flexibility index (Phi) is 4.31. The number of imidazole rings is 1. The lowest BCUT2D eigenvalue weighted by molar-refractivity contribution is 0.444.